The van der Waals surface area contributed by atoms with Crippen LogP contribution in [0.5, 0.6) is 5.75 Å². The lowest BCUT2D eigenvalue weighted by molar-refractivity contribution is -0.144. The number of benzene rings is 1. The lowest BCUT2D eigenvalue weighted by atomic mass is 9.98. The predicted octanol–water partition coefficient (Wildman–Crippen LogP) is 2.32. The number of carbonyl (C=O) groups excluding carboxylic acids is 1. The minimum atomic E-state index is -3.43. The lowest BCUT2D eigenvalue weighted by Gasteiger charge is -2.28. The molecule has 1 saturated heterocycles. The molecule has 0 saturated carbocycles. The monoisotopic (exact) mass is 597 g/mol. The van der Waals surface area contributed by atoms with Crippen LogP contribution in [0.2, 0.25) is 0 Å². The summed E-state index contributed by atoms with van der Waals surface area (Å²) in [4.78, 5) is 26.7. The van der Waals surface area contributed by atoms with E-state index in [0.717, 1.165) is 0 Å². The summed E-state index contributed by atoms with van der Waals surface area (Å²) >= 11 is 5.69. The third-order valence-corrected chi connectivity index (χ3v) is 8.68. The molecule has 16 heteroatoms. The number of nitrogens with zero attached hydrogens (tertiary/aromatic N) is 5. The Morgan fingerprint density at radius 3 is 2.73 bits per heavy atom. The van der Waals surface area contributed by atoms with Gasteiger partial charge in [-0.1, -0.05) is 18.2 Å². The Morgan fingerprint density at radius 1 is 1.38 bits per heavy atom. The molecule has 0 spiro atoms. The molecule has 0 unspecified atom stereocenters. The standard InChI is InChI=1S/C24H33FN7O6PS/c1-6-35-21(34)14(2)30-39(40,38-15-10-8-7-9-11-15)36-12-16-18(33)24(3,25)22(37-16)32-13-27-17-19(31(4)5)28-23(26)29-20(17)32/h7-11,13-14,16,18,22,33H,6,12H2,1-5H3,(H,30,40)(H2,26,28,29)/t14-,16-,18-,22-,24-,39-/m1/s1. The van der Waals surface area contributed by atoms with Gasteiger partial charge in [-0.25, -0.2) is 14.5 Å². The number of halogens is 1. The molecule has 1 aromatic carbocycles. The van der Waals surface area contributed by atoms with E-state index in [2.05, 4.69) is 20.0 Å². The van der Waals surface area contributed by atoms with Crippen molar-refractivity contribution in [2.45, 2.75) is 50.9 Å². The van der Waals surface area contributed by atoms with Gasteiger partial charge < -0.3 is 34.3 Å². The van der Waals surface area contributed by atoms with Crippen LogP contribution in [-0.2, 0) is 30.6 Å². The third-order valence-electron chi connectivity index (χ3n) is 6.18. The summed E-state index contributed by atoms with van der Waals surface area (Å²) in [5.41, 5.74) is 4.23. The largest absolute Gasteiger partial charge is 0.465 e. The molecule has 4 N–H and O–H groups in total. The summed E-state index contributed by atoms with van der Waals surface area (Å²) in [6, 6.07) is 7.79. The van der Waals surface area contributed by atoms with Crippen molar-refractivity contribution in [1.29, 1.82) is 0 Å². The summed E-state index contributed by atoms with van der Waals surface area (Å²) in [5, 5.41) is 13.8. The van der Waals surface area contributed by atoms with Crippen LogP contribution in [0.1, 0.15) is 27.0 Å². The van der Waals surface area contributed by atoms with Crippen molar-refractivity contribution in [2.24, 2.45) is 0 Å². The van der Waals surface area contributed by atoms with E-state index in [-0.39, 0.29) is 24.8 Å². The summed E-state index contributed by atoms with van der Waals surface area (Å²) in [5.74, 6) is 0.267. The van der Waals surface area contributed by atoms with Gasteiger partial charge in [0.15, 0.2) is 28.9 Å². The van der Waals surface area contributed by atoms with Gasteiger partial charge in [0.05, 0.1) is 19.5 Å². The zero-order valence-corrected chi connectivity index (χ0v) is 24.4. The van der Waals surface area contributed by atoms with Crippen LogP contribution in [-0.4, -0.2) is 81.8 Å². The van der Waals surface area contributed by atoms with Crippen molar-refractivity contribution in [3.8, 4) is 5.75 Å². The van der Waals surface area contributed by atoms with Crippen molar-refractivity contribution in [1.82, 2.24) is 24.6 Å². The molecule has 1 aliphatic rings. The van der Waals surface area contributed by atoms with Gasteiger partial charge in [0.25, 0.3) is 0 Å². The van der Waals surface area contributed by atoms with E-state index in [1.165, 1.54) is 17.8 Å². The Labute approximate surface area is 236 Å². The maximum absolute atomic E-state index is 16.0. The second-order valence-corrected chi connectivity index (χ2v) is 12.7. The van der Waals surface area contributed by atoms with Crippen LogP contribution in [0.4, 0.5) is 16.2 Å². The van der Waals surface area contributed by atoms with Crippen LogP contribution in [0.15, 0.2) is 36.7 Å². The number of imidazole rings is 1. The molecule has 0 amide bonds. The highest BCUT2D eigenvalue weighted by atomic mass is 32.5. The molecule has 0 bridgehead atoms. The molecule has 4 rings (SSSR count). The molecule has 0 radical (unpaired) electrons. The van der Waals surface area contributed by atoms with Crippen LogP contribution in [0.3, 0.4) is 0 Å². The Morgan fingerprint density at radius 2 is 2.08 bits per heavy atom. The number of rotatable bonds is 11. The van der Waals surface area contributed by atoms with Crippen molar-refractivity contribution >= 4 is 47.3 Å². The van der Waals surface area contributed by atoms with E-state index in [1.807, 2.05) is 0 Å². The number of ether oxygens (including phenoxy) is 2. The average molecular weight is 598 g/mol. The molecular formula is C24H33FN7O6PS. The number of para-hydroxylation sites is 1. The fourth-order valence-electron chi connectivity index (χ4n) is 4.19. The molecule has 3 aromatic rings. The number of carbonyl (C=O) groups is 1. The topological polar surface area (TPSA) is 159 Å². The number of nitrogen functional groups attached to an aromatic ring is 1. The average Bonchev–Trinajstić information content (AvgIpc) is 3.40. The quantitative estimate of drug-likeness (QED) is 0.219. The maximum atomic E-state index is 16.0. The van der Waals surface area contributed by atoms with Gasteiger partial charge in [0.2, 0.25) is 5.95 Å². The first-order valence-corrected chi connectivity index (χ1v) is 15.1. The number of aromatic nitrogens is 4. The molecule has 0 aliphatic carbocycles. The SMILES string of the molecule is CCOC(=O)[C@@H](C)N[P@@](=S)(OC[C@H]1O[C@@H](n2cnc3c(N(C)C)nc(N)nc32)[C@](C)(F)[C@@H]1O)Oc1ccccc1. The molecule has 3 heterocycles. The van der Waals surface area contributed by atoms with E-state index < -0.39 is 42.8 Å². The number of esters is 1. The molecule has 218 valence electrons. The summed E-state index contributed by atoms with van der Waals surface area (Å²) in [6.45, 7) is 0.860. The van der Waals surface area contributed by atoms with E-state index >= 15 is 4.39 Å². The summed E-state index contributed by atoms with van der Waals surface area (Å²) in [6.07, 6.45) is -2.75. The van der Waals surface area contributed by atoms with E-state index in [1.54, 1.807) is 63.2 Å². The number of nitrogens with one attached hydrogen (secondary N) is 1. The number of hydrogen-bond donors (Lipinski definition) is 3. The van der Waals surface area contributed by atoms with Gasteiger partial charge in [-0.3, -0.25) is 9.36 Å². The van der Waals surface area contributed by atoms with E-state index in [4.69, 9.17) is 36.1 Å². The summed E-state index contributed by atoms with van der Waals surface area (Å²) in [7, 11) is 3.53. The van der Waals surface area contributed by atoms with Crippen molar-refractivity contribution in [3.63, 3.8) is 0 Å². The minimum absolute atomic E-state index is 0.0301. The lowest BCUT2D eigenvalue weighted by Crippen LogP contribution is -2.41. The predicted molar refractivity (Wildman–Crippen MR) is 150 cm³/mol. The van der Waals surface area contributed by atoms with E-state index in [0.29, 0.717) is 17.1 Å². The van der Waals surface area contributed by atoms with Crippen LogP contribution < -0.4 is 20.2 Å². The zero-order chi connectivity index (χ0) is 29.2. The second-order valence-electron chi connectivity index (χ2n) is 9.55. The highest BCUT2D eigenvalue weighted by Crippen LogP contribution is 2.48. The molecular weight excluding hydrogens is 564 g/mol. The smallest absolute Gasteiger partial charge is 0.323 e. The first kappa shape index (κ1) is 30.0. The summed E-state index contributed by atoms with van der Waals surface area (Å²) < 4.78 is 40.4. The van der Waals surface area contributed by atoms with Crippen LogP contribution in [0.25, 0.3) is 11.2 Å². The number of hydrogen-bond acceptors (Lipinski definition) is 12. The Kier molecular flexibility index (Phi) is 8.93. The number of anilines is 2. The van der Waals surface area contributed by atoms with Crippen molar-refractivity contribution < 1.29 is 32.8 Å². The Balaban J connectivity index is 1.58. The molecule has 13 nitrogen and oxygen atoms in total. The number of aliphatic hydroxyl groups is 1. The van der Waals surface area contributed by atoms with Crippen molar-refractivity contribution in [2.75, 3.05) is 37.9 Å². The highest BCUT2D eigenvalue weighted by molar-refractivity contribution is 8.09. The van der Waals surface area contributed by atoms with Gasteiger partial charge in [-0.15, -0.1) is 0 Å². The number of aliphatic hydroxyl groups excluding tert-OH is 1. The van der Waals surface area contributed by atoms with Gasteiger partial charge >= 0.3 is 12.6 Å². The van der Waals surface area contributed by atoms with Gasteiger partial charge in [0.1, 0.15) is 24.0 Å². The van der Waals surface area contributed by atoms with Crippen LogP contribution in [0, 0.1) is 0 Å². The number of nitrogens with two attached hydrogens (primary N) is 1. The number of alkyl halides is 1. The fourth-order valence-corrected chi connectivity index (χ4v) is 6.61. The molecule has 2 aromatic heterocycles. The maximum Gasteiger partial charge on any atom is 0.323 e. The van der Waals surface area contributed by atoms with Crippen LogP contribution >= 0.6 is 6.64 Å². The minimum Gasteiger partial charge on any atom is -0.465 e. The first-order chi connectivity index (χ1) is 18.9. The van der Waals surface area contributed by atoms with E-state index in [9.17, 15) is 9.90 Å². The third kappa shape index (κ3) is 6.19. The number of fused-ring (bicyclic) bond motifs is 1. The van der Waals surface area contributed by atoms with Gasteiger partial charge in [-0.2, -0.15) is 9.97 Å². The molecule has 1 aliphatic heterocycles. The Hall–Kier alpha value is -2.94. The molecule has 40 heavy (non-hydrogen) atoms. The fraction of sp³-hybridized carbons (Fsp3) is 0.500. The normalized spacial score (nSPS) is 24.9. The zero-order valence-electron chi connectivity index (χ0n) is 22.7. The van der Waals surface area contributed by atoms with Gasteiger partial charge in [-0.05, 0) is 44.7 Å². The van der Waals surface area contributed by atoms with Gasteiger partial charge in [0, 0.05) is 14.1 Å². The Bertz CT molecular complexity index is 1390. The molecule has 1 fully saturated rings. The van der Waals surface area contributed by atoms with Crippen molar-refractivity contribution in [3.05, 3.63) is 36.7 Å². The first-order valence-electron chi connectivity index (χ1n) is 12.5. The highest BCUT2D eigenvalue weighted by Gasteiger charge is 2.56. The second kappa shape index (κ2) is 11.9. The molecule has 6 atom stereocenters.